The van der Waals surface area contributed by atoms with E-state index in [1.165, 1.54) is 16.9 Å². The Bertz CT molecular complexity index is 398. The zero-order valence-electron chi connectivity index (χ0n) is 7.40. The molecule has 0 amide bonds. The number of hydrogen-bond acceptors (Lipinski definition) is 5. The fourth-order valence-corrected chi connectivity index (χ4v) is 2.91. The molecule has 0 radical (unpaired) electrons. The molecule has 0 saturated heterocycles. The lowest BCUT2D eigenvalue weighted by Crippen LogP contribution is -2.04. The first-order valence-corrected chi connectivity index (χ1v) is 6.58. The highest BCUT2D eigenvalue weighted by Gasteiger charge is 2.08. The maximum Gasteiger partial charge on any atom is 0.206 e. The van der Waals surface area contributed by atoms with Crippen LogP contribution >= 0.6 is 38.6 Å². The van der Waals surface area contributed by atoms with Gasteiger partial charge in [0.1, 0.15) is 0 Å². The molecule has 2 aromatic heterocycles. The number of hydrogen-bond donors (Lipinski definition) is 1. The number of thiophene rings is 1. The molecule has 1 N–H and O–H groups in total. The van der Waals surface area contributed by atoms with Gasteiger partial charge in [-0.1, -0.05) is 11.3 Å². The Morgan fingerprint density at radius 3 is 2.93 bits per heavy atom. The molecule has 0 bridgehead atoms. The Morgan fingerprint density at radius 1 is 1.50 bits per heavy atom. The van der Waals surface area contributed by atoms with Crippen LogP contribution in [0.3, 0.4) is 0 Å². The van der Waals surface area contributed by atoms with Gasteiger partial charge in [-0.15, -0.1) is 10.2 Å². The number of nitrogens with zero attached hydrogens (tertiary/aromatic N) is 2. The lowest BCUT2D eigenvalue weighted by molar-refractivity contribution is 0.878. The van der Waals surface area contributed by atoms with Crippen LogP contribution in [-0.2, 0) is 0 Å². The highest BCUT2D eigenvalue weighted by Crippen LogP contribution is 2.25. The third kappa shape index (κ3) is 2.31. The van der Waals surface area contributed by atoms with Gasteiger partial charge in [-0.25, -0.2) is 0 Å². The number of nitrogens with one attached hydrogen (secondary N) is 1. The summed E-state index contributed by atoms with van der Waals surface area (Å²) in [7, 11) is 0. The monoisotopic (exact) mass is 289 g/mol. The summed E-state index contributed by atoms with van der Waals surface area (Å²) in [6.07, 6.45) is 0. The summed E-state index contributed by atoms with van der Waals surface area (Å²) in [6.45, 7) is 2.11. The minimum atomic E-state index is 0.279. The largest absolute Gasteiger partial charge is 0.354 e. The van der Waals surface area contributed by atoms with Crippen LogP contribution in [0.2, 0.25) is 0 Å². The minimum absolute atomic E-state index is 0.279. The highest BCUT2D eigenvalue weighted by atomic mass is 79.9. The molecule has 0 saturated carbocycles. The van der Waals surface area contributed by atoms with E-state index in [4.69, 9.17) is 0 Å². The van der Waals surface area contributed by atoms with Crippen LogP contribution in [0.4, 0.5) is 5.13 Å². The summed E-state index contributed by atoms with van der Waals surface area (Å²) in [4.78, 5) is 0. The van der Waals surface area contributed by atoms with Crippen molar-refractivity contribution in [2.45, 2.75) is 13.0 Å². The molecule has 3 nitrogen and oxygen atoms in total. The highest BCUT2D eigenvalue weighted by molar-refractivity contribution is 9.11. The average Bonchev–Trinajstić information content (AvgIpc) is 2.75. The van der Waals surface area contributed by atoms with Crippen molar-refractivity contribution >= 4 is 43.7 Å². The summed E-state index contributed by atoms with van der Waals surface area (Å²) < 4.78 is 0.803. The van der Waals surface area contributed by atoms with E-state index in [0.717, 1.165) is 9.05 Å². The normalized spacial score (nSPS) is 12.7. The van der Waals surface area contributed by atoms with E-state index in [9.17, 15) is 0 Å². The van der Waals surface area contributed by atoms with E-state index in [2.05, 4.69) is 55.2 Å². The number of rotatable bonds is 3. The quantitative estimate of drug-likeness (QED) is 0.939. The SMILES string of the molecule is CC(Nc1nnc(Br)s1)c1ccsc1. The van der Waals surface area contributed by atoms with E-state index in [-0.39, 0.29) is 6.04 Å². The number of aromatic nitrogens is 2. The Labute approximate surface area is 98.3 Å². The van der Waals surface area contributed by atoms with Crippen LogP contribution in [0.25, 0.3) is 0 Å². The zero-order chi connectivity index (χ0) is 9.97. The first kappa shape index (κ1) is 10.1. The summed E-state index contributed by atoms with van der Waals surface area (Å²) >= 11 is 6.48. The second-order valence-electron chi connectivity index (χ2n) is 2.78. The smallest absolute Gasteiger partial charge is 0.206 e. The second kappa shape index (κ2) is 4.37. The van der Waals surface area contributed by atoms with Gasteiger partial charge in [0.25, 0.3) is 0 Å². The predicted octanol–water partition coefficient (Wildman–Crippen LogP) is 3.54. The van der Waals surface area contributed by atoms with Gasteiger partial charge in [-0.3, -0.25) is 0 Å². The van der Waals surface area contributed by atoms with Crippen molar-refractivity contribution in [1.82, 2.24) is 10.2 Å². The van der Waals surface area contributed by atoms with Crippen LogP contribution in [-0.4, -0.2) is 10.2 Å². The second-order valence-corrected chi connectivity index (χ2v) is 5.82. The van der Waals surface area contributed by atoms with Crippen molar-refractivity contribution in [2.75, 3.05) is 5.32 Å². The molecule has 1 atom stereocenters. The van der Waals surface area contributed by atoms with Gasteiger partial charge in [0, 0.05) is 0 Å². The van der Waals surface area contributed by atoms with E-state index >= 15 is 0 Å². The summed E-state index contributed by atoms with van der Waals surface area (Å²) in [5, 5.41) is 16.2. The first-order chi connectivity index (χ1) is 6.75. The fourth-order valence-electron chi connectivity index (χ4n) is 1.05. The van der Waals surface area contributed by atoms with E-state index in [1.807, 2.05) is 0 Å². The lowest BCUT2D eigenvalue weighted by Gasteiger charge is -2.09. The van der Waals surface area contributed by atoms with Gasteiger partial charge in [0.15, 0.2) is 3.92 Å². The molecular weight excluding hydrogens is 282 g/mol. The molecule has 74 valence electrons. The molecule has 0 aliphatic heterocycles. The minimum Gasteiger partial charge on any atom is -0.354 e. The maximum atomic E-state index is 3.98. The summed E-state index contributed by atoms with van der Waals surface area (Å²) in [5.41, 5.74) is 1.28. The molecule has 2 heterocycles. The van der Waals surface area contributed by atoms with Crippen molar-refractivity contribution in [3.63, 3.8) is 0 Å². The molecule has 6 heteroatoms. The van der Waals surface area contributed by atoms with E-state index in [1.54, 1.807) is 11.3 Å². The molecule has 0 aliphatic rings. The van der Waals surface area contributed by atoms with Crippen molar-refractivity contribution in [1.29, 1.82) is 0 Å². The van der Waals surface area contributed by atoms with Crippen molar-refractivity contribution in [3.05, 3.63) is 26.3 Å². The average molecular weight is 290 g/mol. The molecule has 1 unspecified atom stereocenters. The van der Waals surface area contributed by atoms with E-state index in [0.29, 0.717) is 0 Å². The lowest BCUT2D eigenvalue weighted by atomic mass is 10.2. The van der Waals surface area contributed by atoms with Gasteiger partial charge in [0.05, 0.1) is 6.04 Å². The van der Waals surface area contributed by atoms with Crippen molar-refractivity contribution in [3.8, 4) is 0 Å². The Hall–Kier alpha value is -0.460. The Morgan fingerprint density at radius 2 is 2.36 bits per heavy atom. The molecule has 0 fully saturated rings. The summed E-state index contributed by atoms with van der Waals surface area (Å²) in [6, 6.07) is 2.39. The zero-order valence-corrected chi connectivity index (χ0v) is 10.6. The van der Waals surface area contributed by atoms with E-state index < -0.39 is 0 Å². The van der Waals surface area contributed by atoms with Crippen LogP contribution in [0.5, 0.6) is 0 Å². The molecule has 2 rings (SSSR count). The van der Waals surface area contributed by atoms with Crippen LogP contribution in [0, 0.1) is 0 Å². The van der Waals surface area contributed by atoms with Crippen molar-refractivity contribution in [2.24, 2.45) is 0 Å². The van der Waals surface area contributed by atoms with Gasteiger partial charge < -0.3 is 5.32 Å². The fraction of sp³-hybridized carbons (Fsp3) is 0.250. The van der Waals surface area contributed by atoms with Gasteiger partial charge in [0.2, 0.25) is 5.13 Å². The first-order valence-electron chi connectivity index (χ1n) is 4.03. The third-order valence-electron chi connectivity index (χ3n) is 1.78. The molecule has 0 spiro atoms. The molecule has 2 aromatic rings. The summed E-state index contributed by atoms with van der Waals surface area (Å²) in [5.74, 6) is 0. The van der Waals surface area contributed by atoms with Gasteiger partial charge >= 0.3 is 0 Å². The molecular formula is C8H8BrN3S2. The van der Waals surface area contributed by atoms with Crippen LogP contribution in [0.1, 0.15) is 18.5 Å². The molecule has 0 aliphatic carbocycles. The van der Waals surface area contributed by atoms with Crippen LogP contribution in [0.15, 0.2) is 20.7 Å². The number of anilines is 1. The molecule has 14 heavy (non-hydrogen) atoms. The van der Waals surface area contributed by atoms with Crippen LogP contribution < -0.4 is 5.32 Å². The Kier molecular flexibility index (Phi) is 3.15. The van der Waals surface area contributed by atoms with Crippen molar-refractivity contribution < 1.29 is 0 Å². The van der Waals surface area contributed by atoms with Gasteiger partial charge in [-0.05, 0) is 45.2 Å². The maximum absolute atomic E-state index is 3.98. The number of halogens is 1. The third-order valence-corrected chi connectivity index (χ3v) is 3.77. The Balaban J connectivity index is 2.05. The topological polar surface area (TPSA) is 37.8 Å². The standard InChI is InChI=1S/C8H8BrN3S2/c1-5(6-2-3-13-4-6)10-8-12-11-7(9)14-8/h2-5H,1H3,(H,10,12). The van der Waals surface area contributed by atoms with Gasteiger partial charge in [-0.2, -0.15) is 11.3 Å². The predicted molar refractivity (Wildman–Crippen MR) is 64.0 cm³/mol. The molecule has 0 aromatic carbocycles.